The number of benzene rings is 1. The maximum absolute atomic E-state index is 12.7. The summed E-state index contributed by atoms with van der Waals surface area (Å²) < 4.78 is 0. The summed E-state index contributed by atoms with van der Waals surface area (Å²) in [5, 5.41) is 6.67. The van der Waals surface area contributed by atoms with Gasteiger partial charge >= 0.3 is 0 Å². The summed E-state index contributed by atoms with van der Waals surface area (Å²) >= 11 is 0. The first-order valence-electron chi connectivity index (χ1n) is 8.33. The number of amides is 1. The second-order valence-corrected chi connectivity index (χ2v) is 6.55. The Bertz CT molecular complexity index is 526. The van der Waals surface area contributed by atoms with Crippen molar-refractivity contribution in [3.05, 3.63) is 34.9 Å². The van der Waals surface area contributed by atoms with Gasteiger partial charge in [0.2, 0.25) is 0 Å². The Kier molecular flexibility index (Phi) is 4.29. The molecule has 0 saturated heterocycles. The summed E-state index contributed by atoms with van der Waals surface area (Å²) in [7, 11) is 0. The average molecular weight is 286 g/mol. The van der Waals surface area contributed by atoms with E-state index in [1.54, 1.807) is 0 Å². The first-order chi connectivity index (χ1) is 10.2. The molecule has 3 atom stereocenters. The summed E-state index contributed by atoms with van der Waals surface area (Å²) in [6, 6.07) is 6.47. The first-order valence-corrected chi connectivity index (χ1v) is 8.33. The molecule has 3 heteroatoms. The maximum Gasteiger partial charge on any atom is 0.251 e. The van der Waals surface area contributed by atoms with E-state index in [1.165, 1.54) is 24.0 Å². The van der Waals surface area contributed by atoms with Crippen molar-refractivity contribution in [2.45, 2.75) is 52.1 Å². The maximum atomic E-state index is 12.7. The van der Waals surface area contributed by atoms with Crippen LogP contribution in [0.1, 0.15) is 54.6 Å². The van der Waals surface area contributed by atoms with Crippen LogP contribution in [0.5, 0.6) is 0 Å². The van der Waals surface area contributed by atoms with Gasteiger partial charge < -0.3 is 10.6 Å². The van der Waals surface area contributed by atoms with E-state index in [2.05, 4.69) is 30.5 Å². The zero-order valence-corrected chi connectivity index (χ0v) is 13.1. The van der Waals surface area contributed by atoms with Gasteiger partial charge in [0.15, 0.2) is 0 Å². The van der Waals surface area contributed by atoms with E-state index in [0.717, 1.165) is 37.4 Å². The van der Waals surface area contributed by atoms with Gasteiger partial charge in [-0.15, -0.1) is 0 Å². The molecule has 1 heterocycles. The van der Waals surface area contributed by atoms with Crippen LogP contribution in [0.3, 0.4) is 0 Å². The van der Waals surface area contributed by atoms with Crippen LogP contribution in [0, 0.1) is 11.8 Å². The van der Waals surface area contributed by atoms with Crippen LogP contribution in [0.2, 0.25) is 0 Å². The highest BCUT2D eigenvalue weighted by Gasteiger charge is 2.33. The molecule has 21 heavy (non-hydrogen) atoms. The molecular formula is C18H26N2O. The number of fused-ring (bicyclic) bond motifs is 1. The SMILES string of the molecule is CCC1CCC(NC(=O)c2cccc3c2CCNC3)C1C. The van der Waals surface area contributed by atoms with Crippen molar-refractivity contribution in [1.82, 2.24) is 10.6 Å². The highest BCUT2D eigenvalue weighted by Crippen LogP contribution is 2.34. The number of nitrogens with one attached hydrogen (secondary N) is 2. The Labute approximate surface area is 127 Å². The van der Waals surface area contributed by atoms with Crippen molar-refractivity contribution in [3.8, 4) is 0 Å². The second kappa shape index (κ2) is 6.18. The minimum atomic E-state index is 0.127. The minimum absolute atomic E-state index is 0.127. The molecular weight excluding hydrogens is 260 g/mol. The normalized spacial score (nSPS) is 28.2. The number of rotatable bonds is 3. The largest absolute Gasteiger partial charge is 0.349 e. The summed E-state index contributed by atoms with van der Waals surface area (Å²) in [6.45, 7) is 6.39. The summed E-state index contributed by atoms with van der Waals surface area (Å²) in [5.41, 5.74) is 3.41. The van der Waals surface area contributed by atoms with Gasteiger partial charge in [0.1, 0.15) is 0 Å². The molecule has 1 aliphatic carbocycles. The second-order valence-electron chi connectivity index (χ2n) is 6.55. The fraction of sp³-hybridized carbons (Fsp3) is 0.611. The predicted molar refractivity (Wildman–Crippen MR) is 85.3 cm³/mol. The lowest BCUT2D eigenvalue weighted by Crippen LogP contribution is -2.38. The molecule has 2 N–H and O–H groups in total. The van der Waals surface area contributed by atoms with Gasteiger partial charge in [-0.25, -0.2) is 0 Å². The van der Waals surface area contributed by atoms with E-state index in [4.69, 9.17) is 0 Å². The van der Waals surface area contributed by atoms with Crippen LogP contribution < -0.4 is 10.6 Å². The molecule has 3 unspecified atom stereocenters. The van der Waals surface area contributed by atoms with Crippen molar-refractivity contribution < 1.29 is 4.79 Å². The molecule has 1 saturated carbocycles. The number of hydrogen-bond acceptors (Lipinski definition) is 2. The van der Waals surface area contributed by atoms with Gasteiger partial charge in [0, 0.05) is 18.2 Å². The molecule has 2 aliphatic rings. The van der Waals surface area contributed by atoms with Crippen molar-refractivity contribution in [1.29, 1.82) is 0 Å². The van der Waals surface area contributed by atoms with Crippen LogP contribution >= 0.6 is 0 Å². The monoisotopic (exact) mass is 286 g/mol. The summed E-state index contributed by atoms with van der Waals surface area (Å²) in [5.74, 6) is 1.49. The third kappa shape index (κ3) is 2.84. The molecule has 3 nitrogen and oxygen atoms in total. The number of carbonyl (C=O) groups excluding carboxylic acids is 1. The minimum Gasteiger partial charge on any atom is -0.349 e. The number of hydrogen-bond donors (Lipinski definition) is 2. The third-order valence-corrected chi connectivity index (χ3v) is 5.45. The van der Waals surface area contributed by atoms with Crippen molar-refractivity contribution in [3.63, 3.8) is 0 Å². The van der Waals surface area contributed by atoms with E-state index in [-0.39, 0.29) is 5.91 Å². The predicted octanol–water partition coefficient (Wildman–Crippen LogP) is 2.89. The van der Waals surface area contributed by atoms with Crippen LogP contribution in [-0.2, 0) is 13.0 Å². The van der Waals surface area contributed by atoms with Crippen molar-refractivity contribution in [2.75, 3.05) is 6.54 Å². The highest BCUT2D eigenvalue weighted by atomic mass is 16.1. The lowest BCUT2D eigenvalue weighted by molar-refractivity contribution is 0.0925. The molecule has 0 spiro atoms. The summed E-state index contributed by atoms with van der Waals surface area (Å²) in [6.07, 6.45) is 4.55. The van der Waals surface area contributed by atoms with Crippen molar-refractivity contribution >= 4 is 5.91 Å². The fourth-order valence-corrected chi connectivity index (χ4v) is 4.02. The molecule has 1 amide bonds. The standard InChI is InChI=1S/C18H26N2O/c1-3-13-7-8-17(12(13)2)20-18(21)16-6-4-5-14-11-19-10-9-15(14)16/h4-6,12-13,17,19H,3,7-11H2,1-2H3,(H,20,21). The van der Waals surface area contributed by atoms with Gasteiger partial charge in [-0.1, -0.05) is 32.4 Å². The zero-order chi connectivity index (χ0) is 14.8. The molecule has 114 valence electrons. The smallest absolute Gasteiger partial charge is 0.251 e. The van der Waals surface area contributed by atoms with Crippen LogP contribution in [0.15, 0.2) is 18.2 Å². The zero-order valence-electron chi connectivity index (χ0n) is 13.1. The van der Waals surface area contributed by atoms with E-state index in [9.17, 15) is 4.79 Å². The molecule has 3 rings (SSSR count). The molecule has 0 bridgehead atoms. The Morgan fingerprint density at radius 2 is 2.24 bits per heavy atom. The Morgan fingerprint density at radius 3 is 3.00 bits per heavy atom. The molecule has 0 radical (unpaired) electrons. The third-order valence-electron chi connectivity index (χ3n) is 5.45. The lowest BCUT2D eigenvalue weighted by atomic mass is 9.92. The number of carbonyl (C=O) groups is 1. The van der Waals surface area contributed by atoms with E-state index < -0.39 is 0 Å². The van der Waals surface area contributed by atoms with Gasteiger partial charge in [0.05, 0.1) is 0 Å². The Morgan fingerprint density at radius 1 is 1.38 bits per heavy atom. The van der Waals surface area contributed by atoms with Gasteiger partial charge in [-0.05, 0) is 54.8 Å². The molecule has 1 aromatic carbocycles. The van der Waals surface area contributed by atoms with E-state index >= 15 is 0 Å². The quantitative estimate of drug-likeness (QED) is 0.897. The van der Waals surface area contributed by atoms with Crippen LogP contribution in [0.4, 0.5) is 0 Å². The lowest BCUT2D eigenvalue weighted by Gasteiger charge is -2.23. The molecule has 0 aromatic heterocycles. The highest BCUT2D eigenvalue weighted by molar-refractivity contribution is 5.96. The van der Waals surface area contributed by atoms with Crippen LogP contribution in [-0.4, -0.2) is 18.5 Å². The van der Waals surface area contributed by atoms with Gasteiger partial charge in [-0.3, -0.25) is 4.79 Å². The van der Waals surface area contributed by atoms with Gasteiger partial charge in [-0.2, -0.15) is 0 Å². The Balaban J connectivity index is 1.74. The Hall–Kier alpha value is -1.35. The average Bonchev–Trinajstić information content (AvgIpc) is 2.87. The fourth-order valence-electron chi connectivity index (χ4n) is 4.02. The molecule has 1 fully saturated rings. The molecule has 1 aliphatic heterocycles. The first kappa shape index (κ1) is 14.6. The van der Waals surface area contributed by atoms with Gasteiger partial charge in [0.25, 0.3) is 5.91 Å². The van der Waals surface area contributed by atoms with E-state index in [0.29, 0.717) is 12.0 Å². The van der Waals surface area contributed by atoms with Crippen LogP contribution in [0.25, 0.3) is 0 Å². The summed E-state index contributed by atoms with van der Waals surface area (Å²) in [4.78, 5) is 12.7. The van der Waals surface area contributed by atoms with E-state index in [1.807, 2.05) is 12.1 Å². The van der Waals surface area contributed by atoms with Crippen molar-refractivity contribution in [2.24, 2.45) is 11.8 Å². The molecule has 1 aromatic rings. The topological polar surface area (TPSA) is 41.1 Å².